The molecule has 0 spiro atoms. The van der Waals surface area contributed by atoms with Crippen molar-refractivity contribution in [1.29, 1.82) is 0 Å². The second kappa shape index (κ2) is 7.95. The Morgan fingerprint density at radius 1 is 0.947 bits per heavy atom. The molecular weight excluding hydrogens is 296 g/mol. The molecule has 0 aromatic carbocycles. The Balaban J connectivity index is 5.45. The predicted molar refractivity (Wildman–Crippen MR) is 72.0 cm³/mol. The number of aliphatic hydroxyl groups excluding tert-OH is 3. The van der Waals surface area contributed by atoms with E-state index in [2.05, 4.69) is 25.3 Å². The standard InChI is InChI=1S/C10H18O7S2/c1-9(16-7(14)2-18,17-8(15)3-19)10(4-11,5-12)6-13/h11-13,18-19H,2-6H2,1H3. The van der Waals surface area contributed by atoms with E-state index in [1.807, 2.05) is 0 Å². The van der Waals surface area contributed by atoms with Crippen molar-refractivity contribution in [2.75, 3.05) is 31.3 Å². The number of hydrogen-bond acceptors (Lipinski definition) is 9. The first-order chi connectivity index (χ1) is 8.84. The molecule has 0 heterocycles. The maximum absolute atomic E-state index is 11.3. The molecule has 7 nitrogen and oxygen atoms in total. The molecule has 3 N–H and O–H groups in total. The maximum atomic E-state index is 11.3. The third-order valence-electron chi connectivity index (χ3n) is 2.75. The third-order valence-corrected chi connectivity index (χ3v) is 3.26. The summed E-state index contributed by atoms with van der Waals surface area (Å²) >= 11 is 7.41. The van der Waals surface area contributed by atoms with E-state index in [1.54, 1.807) is 0 Å². The van der Waals surface area contributed by atoms with Crippen LogP contribution in [0.4, 0.5) is 0 Å². The van der Waals surface area contributed by atoms with Gasteiger partial charge in [-0.3, -0.25) is 9.59 Å². The van der Waals surface area contributed by atoms with Gasteiger partial charge in [-0.1, -0.05) is 0 Å². The van der Waals surface area contributed by atoms with Crippen LogP contribution in [0.5, 0.6) is 0 Å². The Morgan fingerprint density at radius 3 is 1.47 bits per heavy atom. The molecule has 19 heavy (non-hydrogen) atoms. The van der Waals surface area contributed by atoms with E-state index in [-0.39, 0.29) is 11.5 Å². The summed E-state index contributed by atoms with van der Waals surface area (Å²) in [6.07, 6.45) is 0. The highest BCUT2D eigenvalue weighted by molar-refractivity contribution is 7.81. The van der Waals surface area contributed by atoms with Gasteiger partial charge in [0.2, 0.25) is 0 Å². The summed E-state index contributed by atoms with van der Waals surface area (Å²) in [6.45, 7) is -1.14. The number of aliphatic hydroxyl groups is 3. The SMILES string of the molecule is CC(OC(=O)CS)(OC(=O)CS)C(CO)(CO)CO. The molecule has 0 aliphatic carbocycles. The van der Waals surface area contributed by atoms with Gasteiger partial charge in [0.15, 0.2) is 0 Å². The lowest BCUT2D eigenvalue weighted by atomic mass is 9.82. The first kappa shape index (κ1) is 18.5. The highest BCUT2D eigenvalue weighted by Gasteiger charge is 2.54. The maximum Gasteiger partial charge on any atom is 0.318 e. The number of carbonyl (C=O) groups is 2. The van der Waals surface area contributed by atoms with E-state index in [1.165, 1.54) is 6.92 Å². The van der Waals surface area contributed by atoms with Crippen LogP contribution in [-0.4, -0.2) is 64.4 Å². The number of ether oxygens (including phenoxy) is 2. The highest BCUT2D eigenvalue weighted by atomic mass is 32.1. The van der Waals surface area contributed by atoms with Crippen LogP contribution in [0.3, 0.4) is 0 Å². The van der Waals surface area contributed by atoms with Crippen molar-refractivity contribution in [3.05, 3.63) is 0 Å². The predicted octanol–water partition coefficient (Wildman–Crippen LogP) is -1.39. The average Bonchev–Trinajstić information content (AvgIpc) is 2.40. The van der Waals surface area contributed by atoms with Gasteiger partial charge in [-0.25, -0.2) is 0 Å². The van der Waals surface area contributed by atoms with E-state index in [0.717, 1.165) is 0 Å². The van der Waals surface area contributed by atoms with Crippen LogP contribution in [0.1, 0.15) is 6.92 Å². The minimum Gasteiger partial charge on any atom is -0.421 e. The smallest absolute Gasteiger partial charge is 0.318 e. The van der Waals surface area contributed by atoms with E-state index >= 15 is 0 Å². The Bertz CT molecular complexity index is 291. The van der Waals surface area contributed by atoms with Crippen molar-refractivity contribution in [3.8, 4) is 0 Å². The summed E-state index contributed by atoms with van der Waals surface area (Å²) in [5.74, 6) is -4.31. The van der Waals surface area contributed by atoms with Gasteiger partial charge < -0.3 is 24.8 Å². The summed E-state index contributed by atoms with van der Waals surface area (Å²) in [6, 6.07) is 0. The van der Waals surface area contributed by atoms with Gasteiger partial charge in [0.1, 0.15) is 5.41 Å². The monoisotopic (exact) mass is 314 g/mol. The number of hydrogen-bond donors (Lipinski definition) is 5. The number of carbonyl (C=O) groups excluding carboxylic acids is 2. The van der Waals surface area contributed by atoms with Gasteiger partial charge in [0, 0.05) is 6.92 Å². The summed E-state index contributed by atoms with van der Waals surface area (Å²) in [7, 11) is 0. The zero-order chi connectivity index (χ0) is 15.1. The fourth-order valence-electron chi connectivity index (χ4n) is 1.32. The normalized spacial score (nSPS) is 12.1. The number of esters is 2. The molecule has 0 saturated carbocycles. The van der Waals surface area contributed by atoms with Gasteiger partial charge in [0.25, 0.3) is 5.79 Å². The molecule has 0 rings (SSSR count). The van der Waals surface area contributed by atoms with Crippen molar-refractivity contribution in [2.24, 2.45) is 5.41 Å². The van der Waals surface area contributed by atoms with Crippen molar-refractivity contribution in [3.63, 3.8) is 0 Å². The van der Waals surface area contributed by atoms with Crippen molar-refractivity contribution in [1.82, 2.24) is 0 Å². The Kier molecular flexibility index (Phi) is 7.75. The lowest BCUT2D eigenvalue weighted by molar-refractivity contribution is -0.282. The first-order valence-electron chi connectivity index (χ1n) is 5.32. The molecule has 0 aliphatic heterocycles. The second-order valence-corrected chi connectivity index (χ2v) is 4.60. The minimum atomic E-state index is -2.04. The zero-order valence-corrected chi connectivity index (χ0v) is 12.2. The fraction of sp³-hybridized carbons (Fsp3) is 0.800. The number of thiol groups is 2. The van der Waals surface area contributed by atoms with Crippen LogP contribution in [0.2, 0.25) is 0 Å². The van der Waals surface area contributed by atoms with E-state index < -0.39 is 43.0 Å². The largest absolute Gasteiger partial charge is 0.421 e. The van der Waals surface area contributed by atoms with Crippen molar-refractivity contribution >= 4 is 37.2 Å². The Morgan fingerprint density at radius 2 is 1.26 bits per heavy atom. The first-order valence-corrected chi connectivity index (χ1v) is 6.59. The van der Waals surface area contributed by atoms with Gasteiger partial charge in [-0.2, -0.15) is 25.3 Å². The topological polar surface area (TPSA) is 113 Å². The fourth-order valence-corrected chi connectivity index (χ4v) is 1.45. The second-order valence-electron chi connectivity index (χ2n) is 3.96. The summed E-state index contributed by atoms with van der Waals surface area (Å²) in [5.41, 5.74) is -1.75. The Hall–Kier alpha value is -0.480. The molecule has 0 aliphatic rings. The molecular formula is C10H18O7S2. The van der Waals surface area contributed by atoms with Crippen LogP contribution >= 0.6 is 25.3 Å². The summed E-state index contributed by atoms with van der Waals surface area (Å²) in [4.78, 5) is 22.7. The van der Waals surface area contributed by atoms with Crippen LogP contribution < -0.4 is 0 Å². The van der Waals surface area contributed by atoms with Crippen LogP contribution in [0.15, 0.2) is 0 Å². The van der Waals surface area contributed by atoms with Crippen LogP contribution in [0.25, 0.3) is 0 Å². The lowest BCUT2D eigenvalue weighted by Gasteiger charge is -2.43. The lowest BCUT2D eigenvalue weighted by Crippen LogP contribution is -2.58. The minimum absolute atomic E-state index is 0.299. The number of rotatable bonds is 8. The van der Waals surface area contributed by atoms with Crippen molar-refractivity contribution < 1.29 is 34.4 Å². The van der Waals surface area contributed by atoms with E-state index in [0.29, 0.717) is 0 Å². The molecule has 0 unspecified atom stereocenters. The molecule has 0 amide bonds. The van der Waals surface area contributed by atoms with Crippen molar-refractivity contribution in [2.45, 2.75) is 12.7 Å². The van der Waals surface area contributed by atoms with E-state index in [4.69, 9.17) is 9.47 Å². The van der Waals surface area contributed by atoms with Gasteiger partial charge in [-0.15, -0.1) is 0 Å². The quantitative estimate of drug-likeness (QED) is 0.213. The molecule has 0 aromatic rings. The molecule has 9 heteroatoms. The Labute approximate surface area is 121 Å². The van der Waals surface area contributed by atoms with Crippen LogP contribution in [0, 0.1) is 5.41 Å². The van der Waals surface area contributed by atoms with E-state index in [9.17, 15) is 24.9 Å². The highest BCUT2D eigenvalue weighted by Crippen LogP contribution is 2.35. The molecule has 0 radical (unpaired) electrons. The molecule has 0 saturated heterocycles. The molecule has 112 valence electrons. The molecule has 0 atom stereocenters. The van der Waals surface area contributed by atoms with Gasteiger partial charge in [0.05, 0.1) is 31.3 Å². The summed E-state index contributed by atoms with van der Waals surface area (Å²) in [5, 5.41) is 28.0. The van der Waals surface area contributed by atoms with Gasteiger partial charge >= 0.3 is 11.9 Å². The molecule has 0 fully saturated rings. The third kappa shape index (κ3) is 4.25. The average molecular weight is 314 g/mol. The zero-order valence-electron chi connectivity index (χ0n) is 10.4. The van der Waals surface area contributed by atoms with Crippen LogP contribution in [-0.2, 0) is 19.1 Å². The molecule has 0 bridgehead atoms. The van der Waals surface area contributed by atoms with Gasteiger partial charge in [-0.05, 0) is 0 Å². The summed E-state index contributed by atoms with van der Waals surface area (Å²) < 4.78 is 9.85. The molecule has 0 aromatic heterocycles.